The maximum Gasteiger partial charge on any atom is 0.188 e. The molecule has 3 heteroatoms. The number of nitrogens with zero attached hydrogens (tertiary/aromatic N) is 1. The third-order valence-electron chi connectivity index (χ3n) is 1.41. The largest absolute Gasteiger partial charge is 0.292 e. The van der Waals surface area contributed by atoms with Gasteiger partial charge in [0.1, 0.15) is 0 Å². The molecule has 0 aliphatic rings. The number of aromatic nitrogens is 1. The van der Waals surface area contributed by atoms with E-state index in [1.165, 1.54) is 11.3 Å². The first-order valence-corrected chi connectivity index (χ1v) is 4.45. The van der Waals surface area contributed by atoms with E-state index in [-0.39, 0.29) is 5.78 Å². The summed E-state index contributed by atoms with van der Waals surface area (Å²) in [5.74, 6) is 0.473. The summed E-state index contributed by atoms with van der Waals surface area (Å²) in [6.45, 7) is 5.68. The molecule has 0 N–H and O–H groups in total. The zero-order valence-corrected chi connectivity index (χ0v) is 7.73. The van der Waals surface area contributed by atoms with Gasteiger partial charge in [0.15, 0.2) is 10.8 Å². The van der Waals surface area contributed by atoms with E-state index < -0.39 is 0 Å². The molecule has 1 heterocycles. The summed E-state index contributed by atoms with van der Waals surface area (Å²) in [5, 5.41) is 2.57. The van der Waals surface area contributed by atoms with E-state index in [1.54, 1.807) is 6.92 Å². The Morgan fingerprint density at radius 1 is 1.64 bits per heavy atom. The minimum absolute atomic E-state index is 0.0573. The molecule has 0 unspecified atom stereocenters. The average molecular weight is 169 g/mol. The monoisotopic (exact) mass is 169 g/mol. The predicted octanol–water partition coefficient (Wildman–Crippen LogP) is 2.47. The third-order valence-corrected chi connectivity index (χ3v) is 2.38. The lowest BCUT2D eigenvalue weighted by Gasteiger charge is -1.95. The number of hydrogen-bond acceptors (Lipinski definition) is 3. The molecular weight excluding hydrogens is 158 g/mol. The summed E-state index contributed by atoms with van der Waals surface area (Å²) in [4.78, 5) is 15.0. The van der Waals surface area contributed by atoms with Crippen molar-refractivity contribution >= 4 is 17.1 Å². The van der Waals surface area contributed by atoms with Gasteiger partial charge in [-0.25, -0.2) is 4.98 Å². The van der Waals surface area contributed by atoms with Gasteiger partial charge in [-0.2, -0.15) is 0 Å². The molecular formula is C8H11NOS. The zero-order valence-electron chi connectivity index (χ0n) is 6.92. The van der Waals surface area contributed by atoms with E-state index in [2.05, 4.69) is 18.8 Å². The van der Waals surface area contributed by atoms with Crippen LogP contribution < -0.4 is 0 Å². The van der Waals surface area contributed by atoms with E-state index in [0.717, 1.165) is 5.69 Å². The second-order valence-corrected chi connectivity index (χ2v) is 3.65. The Kier molecular flexibility index (Phi) is 2.39. The van der Waals surface area contributed by atoms with Crippen molar-refractivity contribution in [1.29, 1.82) is 0 Å². The number of carbonyl (C=O) groups is 1. The molecule has 0 radical (unpaired) electrons. The van der Waals surface area contributed by atoms with Crippen molar-refractivity contribution < 1.29 is 4.79 Å². The van der Waals surface area contributed by atoms with Crippen LogP contribution in [0.25, 0.3) is 0 Å². The van der Waals surface area contributed by atoms with Crippen molar-refractivity contribution in [3.63, 3.8) is 0 Å². The fraction of sp³-hybridized carbons (Fsp3) is 0.500. The van der Waals surface area contributed by atoms with Crippen molar-refractivity contribution in [2.24, 2.45) is 0 Å². The maximum atomic E-state index is 10.8. The van der Waals surface area contributed by atoms with Gasteiger partial charge in [0.05, 0.1) is 5.69 Å². The number of hydrogen-bond donors (Lipinski definition) is 0. The van der Waals surface area contributed by atoms with Crippen molar-refractivity contribution in [3.05, 3.63) is 16.1 Å². The van der Waals surface area contributed by atoms with Crippen LogP contribution in [0.4, 0.5) is 0 Å². The molecule has 2 nitrogen and oxygen atoms in total. The second-order valence-electron chi connectivity index (χ2n) is 2.79. The molecule has 0 saturated heterocycles. The Hall–Kier alpha value is -0.700. The van der Waals surface area contributed by atoms with Gasteiger partial charge in [0, 0.05) is 12.3 Å². The van der Waals surface area contributed by atoms with Crippen LogP contribution in [0.2, 0.25) is 0 Å². The fourth-order valence-corrected chi connectivity index (χ4v) is 1.59. The molecule has 0 bridgehead atoms. The molecule has 1 rings (SSSR count). The molecule has 0 fully saturated rings. The Bertz CT molecular complexity index is 265. The molecule has 11 heavy (non-hydrogen) atoms. The molecule has 0 aliphatic heterocycles. The molecule has 0 saturated carbocycles. The minimum Gasteiger partial charge on any atom is -0.292 e. The van der Waals surface area contributed by atoms with Crippen molar-refractivity contribution in [3.8, 4) is 0 Å². The normalized spacial score (nSPS) is 10.5. The summed E-state index contributed by atoms with van der Waals surface area (Å²) < 4.78 is 0. The first-order valence-electron chi connectivity index (χ1n) is 3.57. The van der Waals surface area contributed by atoms with Gasteiger partial charge in [0.2, 0.25) is 0 Å². The highest BCUT2D eigenvalue weighted by molar-refractivity contribution is 7.11. The lowest BCUT2D eigenvalue weighted by atomic mass is 10.2. The van der Waals surface area contributed by atoms with Crippen LogP contribution in [-0.2, 0) is 0 Å². The number of rotatable bonds is 2. The highest BCUT2D eigenvalue weighted by Crippen LogP contribution is 2.17. The first kappa shape index (κ1) is 8.40. The van der Waals surface area contributed by atoms with Gasteiger partial charge in [-0.15, -0.1) is 11.3 Å². The van der Waals surface area contributed by atoms with Gasteiger partial charge < -0.3 is 0 Å². The number of carbonyl (C=O) groups excluding carboxylic acids is 1. The predicted molar refractivity (Wildman–Crippen MR) is 46.2 cm³/mol. The van der Waals surface area contributed by atoms with Crippen LogP contribution in [0, 0.1) is 0 Å². The second kappa shape index (κ2) is 3.13. The molecule has 0 amide bonds. The van der Waals surface area contributed by atoms with E-state index in [9.17, 15) is 4.79 Å². The van der Waals surface area contributed by atoms with Crippen LogP contribution in [-0.4, -0.2) is 10.8 Å². The zero-order chi connectivity index (χ0) is 8.43. The van der Waals surface area contributed by atoms with Crippen molar-refractivity contribution in [1.82, 2.24) is 4.98 Å². The topological polar surface area (TPSA) is 30.0 Å². The standard InChI is InChI=1S/C8H11NOS/c1-5(2)7-4-11-8(9-7)6(3)10/h4-5H,1-3H3. The van der Waals surface area contributed by atoms with Crippen molar-refractivity contribution in [2.75, 3.05) is 0 Å². The highest BCUT2D eigenvalue weighted by Gasteiger charge is 2.07. The lowest BCUT2D eigenvalue weighted by molar-refractivity contribution is 0.101. The molecule has 1 aromatic heterocycles. The van der Waals surface area contributed by atoms with E-state index >= 15 is 0 Å². The summed E-state index contributed by atoms with van der Waals surface area (Å²) >= 11 is 1.43. The average Bonchev–Trinajstić information content (AvgIpc) is 2.33. The summed E-state index contributed by atoms with van der Waals surface area (Å²) in [7, 11) is 0. The Balaban J connectivity index is 2.90. The summed E-state index contributed by atoms with van der Waals surface area (Å²) in [6, 6.07) is 0. The maximum absolute atomic E-state index is 10.8. The van der Waals surface area contributed by atoms with Crippen LogP contribution in [0.3, 0.4) is 0 Å². The van der Waals surface area contributed by atoms with Crippen LogP contribution in [0.1, 0.15) is 42.2 Å². The lowest BCUT2D eigenvalue weighted by Crippen LogP contribution is -1.92. The molecule has 0 aromatic carbocycles. The van der Waals surface area contributed by atoms with Gasteiger partial charge >= 0.3 is 0 Å². The number of Topliss-reactive ketones (excluding diaryl/α,β-unsaturated/α-hetero) is 1. The first-order chi connectivity index (χ1) is 5.11. The van der Waals surface area contributed by atoms with Gasteiger partial charge in [-0.05, 0) is 5.92 Å². The van der Waals surface area contributed by atoms with Gasteiger partial charge in [0.25, 0.3) is 0 Å². The van der Waals surface area contributed by atoms with Crippen LogP contribution in [0.15, 0.2) is 5.38 Å². The van der Waals surface area contributed by atoms with Gasteiger partial charge in [-0.3, -0.25) is 4.79 Å². The van der Waals surface area contributed by atoms with Crippen LogP contribution >= 0.6 is 11.3 Å². The SMILES string of the molecule is CC(=O)c1nc(C(C)C)cs1. The number of ketones is 1. The number of thiazole rings is 1. The Morgan fingerprint density at radius 2 is 2.27 bits per heavy atom. The van der Waals surface area contributed by atoms with Crippen LogP contribution in [0.5, 0.6) is 0 Å². The quantitative estimate of drug-likeness (QED) is 0.636. The molecule has 1 aromatic rings. The van der Waals surface area contributed by atoms with E-state index in [0.29, 0.717) is 10.9 Å². The fourth-order valence-electron chi connectivity index (χ4n) is 0.713. The van der Waals surface area contributed by atoms with E-state index in [4.69, 9.17) is 0 Å². The van der Waals surface area contributed by atoms with Gasteiger partial charge in [-0.1, -0.05) is 13.8 Å². The molecule has 0 atom stereocenters. The van der Waals surface area contributed by atoms with E-state index in [1.807, 2.05) is 5.38 Å². The smallest absolute Gasteiger partial charge is 0.188 e. The van der Waals surface area contributed by atoms with Crippen molar-refractivity contribution in [2.45, 2.75) is 26.7 Å². The summed E-state index contributed by atoms with van der Waals surface area (Å²) in [6.07, 6.45) is 0. The summed E-state index contributed by atoms with van der Waals surface area (Å²) in [5.41, 5.74) is 1.01. The third kappa shape index (κ3) is 1.87. The molecule has 0 aliphatic carbocycles. The minimum atomic E-state index is 0.0573. The highest BCUT2D eigenvalue weighted by atomic mass is 32.1. The Labute approximate surface area is 70.3 Å². The Morgan fingerprint density at radius 3 is 2.55 bits per heavy atom. The molecule has 0 spiro atoms. The molecule has 60 valence electrons.